The van der Waals surface area contributed by atoms with Gasteiger partial charge in [-0.25, -0.2) is 0 Å². The highest BCUT2D eigenvalue weighted by Gasteiger charge is 2.44. The van der Waals surface area contributed by atoms with Crippen molar-refractivity contribution in [1.29, 1.82) is 0 Å². The number of hydrogen-bond donors (Lipinski definition) is 0. The monoisotopic (exact) mass is 746 g/mol. The highest BCUT2D eigenvalue weighted by atomic mass is 16.3. The Balaban J connectivity index is 1.38. The van der Waals surface area contributed by atoms with Crippen LogP contribution >= 0.6 is 0 Å². The highest BCUT2D eigenvalue weighted by molar-refractivity contribution is 7.00. The van der Waals surface area contributed by atoms with Crippen LogP contribution in [0.15, 0.2) is 120 Å². The number of rotatable bonds is 3. The Morgan fingerprint density at radius 2 is 1.07 bits per heavy atom. The molecule has 0 aliphatic carbocycles. The molecule has 3 heterocycles. The van der Waals surface area contributed by atoms with E-state index in [2.05, 4.69) is 196 Å². The van der Waals surface area contributed by atoms with E-state index in [1.165, 1.54) is 89.5 Å². The molecule has 4 heteroatoms. The number of anilines is 6. The van der Waals surface area contributed by atoms with Crippen molar-refractivity contribution in [3.8, 4) is 11.1 Å². The van der Waals surface area contributed by atoms with Crippen LogP contribution in [0.1, 0.15) is 95.7 Å². The highest BCUT2D eigenvalue weighted by Crippen LogP contribution is 2.48. The fraction of sp³-hybridized carbons (Fsp3) is 0.283. The van der Waals surface area contributed by atoms with E-state index < -0.39 is 0 Å². The van der Waals surface area contributed by atoms with Crippen molar-refractivity contribution in [1.82, 2.24) is 0 Å². The minimum Gasteiger partial charge on any atom is -0.464 e. The third kappa shape index (κ3) is 6.02. The zero-order chi connectivity index (χ0) is 40.3. The summed E-state index contributed by atoms with van der Waals surface area (Å²) in [6, 6.07) is 41.7. The average Bonchev–Trinajstić information content (AvgIpc) is 3.58. The Morgan fingerprint density at radius 3 is 1.72 bits per heavy atom. The third-order valence-electron chi connectivity index (χ3n) is 12.4. The number of benzene rings is 6. The molecule has 0 saturated carbocycles. The molecule has 0 bridgehead atoms. The van der Waals surface area contributed by atoms with Crippen molar-refractivity contribution in [2.24, 2.45) is 0 Å². The fourth-order valence-corrected chi connectivity index (χ4v) is 9.35. The van der Waals surface area contributed by atoms with Crippen LogP contribution < -0.4 is 26.2 Å². The normalized spacial score (nSPS) is 13.9. The Kier molecular flexibility index (Phi) is 8.31. The molecule has 286 valence electrons. The summed E-state index contributed by atoms with van der Waals surface area (Å²) < 4.78 is 6.15. The van der Waals surface area contributed by atoms with Gasteiger partial charge in [0.25, 0.3) is 6.71 Å². The molecule has 0 amide bonds. The smallest absolute Gasteiger partial charge is 0.252 e. The zero-order valence-electron chi connectivity index (χ0n) is 35.8. The van der Waals surface area contributed by atoms with Gasteiger partial charge in [0.1, 0.15) is 5.58 Å². The second-order valence-electron chi connectivity index (χ2n) is 19.8. The van der Waals surface area contributed by atoms with Crippen molar-refractivity contribution in [2.75, 3.05) is 9.80 Å². The molecule has 0 fully saturated rings. The molecule has 0 spiro atoms. The van der Waals surface area contributed by atoms with Crippen LogP contribution in [0.3, 0.4) is 0 Å². The van der Waals surface area contributed by atoms with Crippen molar-refractivity contribution in [2.45, 2.75) is 99.3 Å². The first-order valence-electron chi connectivity index (χ1n) is 20.6. The molecule has 0 unspecified atom stereocenters. The van der Waals surface area contributed by atoms with E-state index in [1.54, 1.807) is 0 Å². The summed E-state index contributed by atoms with van der Waals surface area (Å²) in [6.07, 6.45) is 1.94. The maximum absolute atomic E-state index is 6.15. The third-order valence-corrected chi connectivity index (χ3v) is 12.4. The number of aryl methyl sites for hydroxylation is 3. The maximum atomic E-state index is 6.15. The van der Waals surface area contributed by atoms with Gasteiger partial charge in [-0.1, -0.05) is 129 Å². The topological polar surface area (TPSA) is 19.6 Å². The standard InChI is InChI=1S/C53H55BN2O/c1-32-25-46-49-47(26-32)56(50-33(2)27-38(28-34(50)3)53(10,11)12)45-23-17-35(41-31-57-48-16-14-13-15-40(41)48)29-42(45)54(49)43-30-37(52(7,8)9)20-24-44(43)55(46)39-21-18-36(19-22-39)51(4,5)6/h13-31H,1-12H3. The number of furan rings is 1. The van der Waals surface area contributed by atoms with Gasteiger partial charge in [-0.15, -0.1) is 0 Å². The van der Waals surface area contributed by atoms with Crippen molar-refractivity contribution < 1.29 is 4.42 Å². The Hall–Kier alpha value is -5.48. The lowest BCUT2D eigenvalue weighted by molar-refractivity contribution is 0.589. The van der Waals surface area contributed by atoms with Crippen LogP contribution in [0.5, 0.6) is 0 Å². The van der Waals surface area contributed by atoms with E-state index in [9.17, 15) is 0 Å². The maximum Gasteiger partial charge on any atom is 0.252 e. The predicted octanol–water partition coefficient (Wildman–Crippen LogP) is 13.0. The van der Waals surface area contributed by atoms with Crippen molar-refractivity contribution >= 4 is 68.2 Å². The van der Waals surface area contributed by atoms with Gasteiger partial charge in [-0.05, 0) is 135 Å². The number of fused-ring (bicyclic) bond motifs is 5. The van der Waals surface area contributed by atoms with Gasteiger partial charge in [0.05, 0.1) is 12.0 Å². The molecule has 3 nitrogen and oxygen atoms in total. The van der Waals surface area contributed by atoms with Gasteiger partial charge in [0.2, 0.25) is 0 Å². The SMILES string of the molecule is Cc1cc2c3c(c1)N(c1c(C)cc(C(C)(C)C)cc1C)c1ccc(-c4coc5ccccc45)cc1B3c1cc(C(C)(C)C)ccc1N2c1ccc(C(C)(C)C)cc1. The van der Waals surface area contributed by atoms with Crippen LogP contribution in [-0.2, 0) is 16.2 Å². The lowest BCUT2D eigenvalue weighted by atomic mass is 9.33. The quantitative estimate of drug-likeness (QED) is 0.168. The molecule has 2 aliphatic heterocycles. The van der Waals surface area contributed by atoms with Crippen LogP contribution in [0, 0.1) is 20.8 Å². The molecule has 0 radical (unpaired) electrons. The van der Waals surface area contributed by atoms with Gasteiger partial charge in [-0.3, -0.25) is 0 Å². The van der Waals surface area contributed by atoms with E-state index >= 15 is 0 Å². The summed E-state index contributed by atoms with van der Waals surface area (Å²) in [6.45, 7) is 27.7. The number of para-hydroxylation sites is 1. The van der Waals surface area contributed by atoms with E-state index in [-0.39, 0.29) is 23.0 Å². The number of hydrogen-bond acceptors (Lipinski definition) is 3. The molecule has 1 aromatic heterocycles. The van der Waals surface area contributed by atoms with Crippen LogP contribution in [-0.4, -0.2) is 6.71 Å². The molecule has 9 rings (SSSR count). The molecule has 6 aromatic carbocycles. The van der Waals surface area contributed by atoms with Crippen LogP contribution in [0.25, 0.3) is 22.1 Å². The van der Waals surface area contributed by atoms with Crippen LogP contribution in [0.4, 0.5) is 34.1 Å². The summed E-state index contributed by atoms with van der Waals surface area (Å²) in [7, 11) is 0. The van der Waals surface area contributed by atoms with Gasteiger partial charge in [0.15, 0.2) is 0 Å². The molecule has 0 atom stereocenters. The minimum atomic E-state index is -0.0191. The van der Waals surface area contributed by atoms with E-state index in [1.807, 2.05) is 12.3 Å². The molecule has 0 saturated heterocycles. The van der Waals surface area contributed by atoms with Crippen LogP contribution in [0.2, 0.25) is 0 Å². The van der Waals surface area contributed by atoms with Gasteiger partial charge < -0.3 is 14.2 Å². The first-order valence-corrected chi connectivity index (χ1v) is 20.6. The molecule has 57 heavy (non-hydrogen) atoms. The van der Waals surface area contributed by atoms with Crippen molar-refractivity contribution in [3.05, 3.63) is 149 Å². The predicted molar refractivity (Wildman–Crippen MR) is 246 cm³/mol. The summed E-state index contributed by atoms with van der Waals surface area (Å²) in [4.78, 5) is 5.13. The fourth-order valence-electron chi connectivity index (χ4n) is 9.35. The average molecular weight is 747 g/mol. The van der Waals surface area contributed by atoms with E-state index in [4.69, 9.17) is 4.42 Å². The minimum absolute atomic E-state index is 0.0109. The Morgan fingerprint density at radius 1 is 0.509 bits per heavy atom. The molecular formula is C53H55BN2O. The summed E-state index contributed by atoms with van der Waals surface area (Å²) in [5.41, 5.74) is 22.5. The number of nitrogens with zero attached hydrogens (tertiary/aromatic N) is 2. The lowest BCUT2D eigenvalue weighted by Crippen LogP contribution is -2.61. The Labute approximate surface area is 340 Å². The second kappa shape index (κ2) is 12.8. The zero-order valence-corrected chi connectivity index (χ0v) is 35.8. The van der Waals surface area contributed by atoms with E-state index in [0.29, 0.717) is 0 Å². The Bertz CT molecular complexity index is 2710. The molecule has 7 aromatic rings. The molecule has 2 aliphatic rings. The van der Waals surface area contributed by atoms with Gasteiger partial charge >= 0.3 is 0 Å². The lowest BCUT2D eigenvalue weighted by Gasteiger charge is -2.45. The summed E-state index contributed by atoms with van der Waals surface area (Å²) in [5.74, 6) is 0. The summed E-state index contributed by atoms with van der Waals surface area (Å²) >= 11 is 0. The van der Waals surface area contributed by atoms with Gasteiger partial charge in [-0.2, -0.15) is 0 Å². The van der Waals surface area contributed by atoms with Crippen molar-refractivity contribution in [3.63, 3.8) is 0 Å². The van der Waals surface area contributed by atoms with Gasteiger partial charge in [0, 0.05) is 39.4 Å². The largest absolute Gasteiger partial charge is 0.464 e. The summed E-state index contributed by atoms with van der Waals surface area (Å²) in [5, 5.41) is 1.13. The molecule has 0 N–H and O–H groups in total. The molecular weight excluding hydrogens is 691 g/mol. The van der Waals surface area contributed by atoms with E-state index in [0.717, 1.165) is 16.5 Å². The second-order valence-corrected chi connectivity index (χ2v) is 19.8. The first kappa shape index (κ1) is 37.1. The first-order chi connectivity index (χ1) is 26.9.